The van der Waals surface area contributed by atoms with Crippen LogP contribution in [0.5, 0.6) is 5.88 Å². The molecule has 2 aromatic heterocycles. The Morgan fingerprint density at radius 2 is 2.12 bits per heavy atom. The number of piperazine rings is 1. The lowest BCUT2D eigenvalue weighted by atomic mass is 10.1. The molecular formula is C22H25N7O3. The predicted molar refractivity (Wildman–Crippen MR) is 121 cm³/mol. The maximum Gasteiger partial charge on any atom is 0.330 e. The number of aromatic nitrogens is 4. The Balaban J connectivity index is 1.61. The molecular weight excluding hydrogens is 410 g/mol. The van der Waals surface area contributed by atoms with Gasteiger partial charge in [0.05, 0.1) is 18.5 Å². The Labute approximate surface area is 185 Å². The Morgan fingerprint density at radius 1 is 1.31 bits per heavy atom. The van der Waals surface area contributed by atoms with Gasteiger partial charge in [0, 0.05) is 30.9 Å². The third kappa shape index (κ3) is 4.45. The molecule has 0 radical (unpaired) electrons. The minimum absolute atomic E-state index is 0.0875. The summed E-state index contributed by atoms with van der Waals surface area (Å²) in [4.78, 5) is 31.8. The van der Waals surface area contributed by atoms with Crippen molar-refractivity contribution in [3.05, 3.63) is 43.1 Å². The SMILES string of the molecule is C=CCOC(=O)C1CNCCN1c1ccc(-c2cnc3nc(N)nc(OCC)c3n2)cc1. The molecule has 1 aliphatic heterocycles. The number of ether oxygens (including phenoxy) is 2. The average molecular weight is 435 g/mol. The second-order valence-electron chi connectivity index (χ2n) is 7.13. The van der Waals surface area contributed by atoms with Crippen molar-refractivity contribution in [1.29, 1.82) is 0 Å². The fourth-order valence-corrected chi connectivity index (χ4v) is 3.56. The number of carbonyl (C=O) groups excluding carboxylic acids is 1. The molecule has 3 heterocycles. The first kappa shape index (κ1) is 21.4. The van der Waals surface area contributed by atoms with Gasteiger partial charge in [-0.15, -0.1) is 0 Å². The van der Waals surface area contributed by atoms with Crippen LogP contribution in [0.15, 0.2) is 43.1 Å². The minimum Gasteiger partial charge on any atom is -0.476 e. The fraction of sp³-hybridized carbons (Fsp3) is 0.318. The highest BCUT2D eigenvalue weighted by atomic mass is 16.5. The van der Waals surface area contributed by atoms with E-state index < -0.39 is 6.04 Å². The summed E-state index contributed by atoms with van der Waals surface area (Å²) in [6.45, 7) is 8.07. The Morgan fingerprint density at radius 3 is 2.88 bits per heavy atom. The summed E-state index contributed by atoms with van der Waals surface area (Å²) >= 11 is 0. The van der Waals surface area contributed by atoms with Gasteiger partial charge in [-0.3, -0.25) is 0 Å². The lowest BCUT2D eigenvalue weighted by molar-refractivity contribution is -0.144. The molecule has 0 spiro atoms. The van der Waals surface area contributed by atoms with E-state index >= 15 is 0 Å². The molecule has 1 aliphatic rings. The number of benzene rings is 1. The van der Waals surface area contributed by atoms with E-state index in [4.69, 9.17) is 15.2 Å². The quantitative estimate of drug-likeness (QED) is 0.417. The monoisotopic (exact) mass is 435 g/mol. The average Bonchev–Trinajstić information content (AvgIpc) is 2.82. The van der Waals surface area contributed by atoms with Crippen LogP contribution in [-0.2, 0) is 9.53 Å². The molecule has 3 aromatic rings. The largest absolute Gasteiger partial charge is 0.476 e. The third-order valence-electron chi connectivity index (χ3n) is 5.03. The van der Waals surface area contributed by atoms with E-state index in [1.54, 1.807) is 12.3 Å². The van der Waals surface area contributed by atoms with Crippen LogP contribution in [0.2, 0.25) is 0 Å². The smallest absolute Gasteiger partial charge is 0.330 e. The number of nitrogens with two attached hydrogens (primary N) is 1. The Hall–Kier alpha value is -3.79. The highest BCUT2D eigenvalue weighted by Crippen LogP contribution is 2.27. The van der Waals surface area contributed by atoms with E-state index in [-0.39, 0.29) is 18.5 Å². The summed E-state index contributed by atoms with van der Waals surface area (Å²) in [6.07, 6.45) is 3.20. The summed E-state index contributed by atoms with van der Waals surface area (Å²) in [7, 11) is 0. The molecule has 4 rings (SSSR count). The zero-order valence-corrected chi connectivity index (χ0v) is 17.8. The van der Waals surface area contributed by atoms with Crippen LogP contribution >= 0.6 is 0 Å². The molecule has 32 heavy (non-hydrogen) atoms. The van der Waals surface area contributed by atoms with Crippen LogP contribution in [0.25, 0.3) is 22.4 Å². The van der Waals surface area contributed by atoms with E-state index in [0.717, 1.165) is 17.8 Å². The highest BCUT2D eigenvalue weighted by molar-refractivity contribution is 5.82. The lowest BCUT2D eigenvalue weighted by Crippen LogP contribution is -2.55. The van der Waals surface area contributed by atoms with E-state index in [9.17, 15) is 4.79 Å². The molecule has 166 valence electrons. The first-order valence-corrected chi connectivity index (χ1v) is 10.4. The highest BCUT2D eigenvalue weighted by Gasteiger charge is 2.30. The zero-order valence-electron chi connectivity index (χ0n) is 17.8. The van der Waals surface area contributed by atoms with Crippen molar-refractivity contribution >= 4 is 28.8 Å². The number of rotatable bonds is 7. The molecule has 3 N–H and O–H groups in total. The number of fused-ring (bicyclic) bond motifs is 1. The Kier molecular flexibility index (Phi) is 6.41. The number of esters is 1. The molecule has 1 saturated heterocycles. The number of anilines is 2. The molecule has 1 unspecified atom stereocenters. The van der Waals surface area contributed by atoms with Gasteiger partial charge in [-0.25, -0.2) is 14.8 Å². The van der Waals surface area contributed by atoms with Gasteiger partial charge in [0.15, 0.2) is 11.2 Å². The van der Waals surface area contributed by atoms with Gasteiger partial charge in [-0.05, 0) is 19.1 Å². The number of nitrogens with zero attached hydrogens (tertiary/aromatic N) is 5. The Bertz CT molecular complexity index is 1120. The summed E-state index contributed by atoms with van der Waals surface area (Å²) in [5.41, 5.74) is 9.01. The first-order valence-electron chi connectivity index (χ1n) is 10.4. The number of carbonyl (C=O) groups is 1. The molecule has 0 saturated carbocycles. The molecule has 1 atom stereocenters. The van der Waals surface area contributed by atoms with Crippen LogP contribution in [0, 0.1) is 0 Å². The molecule has 0 amide bonds. The molecule has 0 bridgehead atoms. The van der Waals surface area contributed by atoms with Gasteiger partial charge in [0.25, 0.3) is 0 Å². The first-order chi connectivity index (χ1) is 15.6. The summed E-state index contributed by atoms with van der Waals surface area (Å²) in [6, 6.07) is 7.41. The number of hydrogen-bond acceptors (Lipinski definition) is 10. The maximum absolute atomic E-state index is 12.5. The van der Waals surface area contributed by atoms with Crippen LogP contribution in [0.4, 0.5) is 11.6 Å². The van der Waals surface area contributed by atoms with Crippen LogP contribution < -0.4 is 20.7 Å². The number of nitrogen functional groups attached to an aromatic ring is 1. The maximum atomic E-state index is 12.5. The van der Waals surface area contributed by atoms with Crippen LogP contribution in [-0.4, -0.2) is 64.8 Å². The van der Waals surface area contributed by atoms with E-state index in [2.05, 4.69) is 31.8 Å². The van der Waals surface area contributed by atoms with Crippen molar-refractivity contribution in [1.82, 2.24) is 25.3 Å². The van der Waals surface area contributed by atoms with Gasteiger partial charge in [0.2, 0.25) is 11.8 Å². The van der Waals surface area contributed by atoms with E-state index in [1.165, 1.54) is 0 Å². The van der Waals surface area contributed by atoms with E-state index in [1.807, 2.05) is 36.1 Å². The van der Waals surface area contributed by atoms with Gasteiger partial charge in [-0.2, -0.15) is 9.97 Å². The van der Waals surface area contributed by atoms with Crippen molar-refractivity contribution < 1.29 is 14.3 Å². The number of hydrogen-bond donors (Lipinski definition) is 2. The predicted octanol–water partition coefficient (Wildman–Crippen LogP) is 1.58. The fourth-order valence-electron chi connectivity index (χ4n) is 3.56. The van der Waals surface area contributed by atoms with E-state index in [0.29, 0.717) is 42.4 Å². The van der Waals surface area contributed by atoms with Gasteiger partial charge in [0.1, 0.15) is 12.6 Å². The standard InChI is InChI=1S/C22H25N7O3/c1-3-11-32-21(30)17-13-24-9-10-29(17)15-7-5-14(6-8-15)16-12-25-19-18(26-16)20(31-4-2)28-22(23)27-19/h3,5-8,12,17,24H,1,4,9-11,13H2,2H3,(H2,23,25,27,28). The van der Waals surface area contributed by atoms with Gasteiger partial charge in [-0.1, -0.05) is 24.8 Å². The van der Waals surface area contributed by atoms with Crippen molar-refractivity contribution in [2.24, 2.45) is 0 Å². The molecule has 1 aromatic carbocycles. The van der Waals surface area contributed by atoms with Gasteiger partial charge >= 0.3 is 5.97 Å². The van der Waals surface area contributed by atoms with Crippen LogP contribution in [0.3, 0.4) is 0 Å². The molecule has 1 fully saturated rings. The molecule has 0 aliphatic carbocycles. The summed E-state index contributed by atoms with van der Waals surface area (Å²) < 4.78 is 10.8. The third-order valence-corrected chi connectivity index (χ3v) is 5.03. The second-order valence-corrected chi connectivity index (χ2v) is 7.13. The zero-order chi connectivity index (χ0) is 22.5. The normalized spacial score (nSPS) is 16.0. The summed E-state index contributed by atoms with van der Waals surface area (Å²) in [5, 5.41) is 3.25. The summed E-state index contributed by atoms with van der Waals surface area (Å²) in [5.74, 6) is 0.122. The lowest BCUT2D eigenvalue weighted by Gasteiger charge is -2.36. The van der Waals surface area contributed by atoms with Crippen LogP contribution in [0.1, 0.15) is 6.92 Å². The topological polar surface area (TPSA) is 128 Å². The van der Waals surface area contributed by atoms with Gasteiger partial charge < -0.3 is 25.4 Å². The van der Waals surface area contributed by atoms with Crippen molar-refractivity contribution in [2.45, 2.75) is 13.0 Å². The van der Waals surface area contributed by atoms with Crippen molar-refractivity contribution in [3.63, 3.8) is 0 Å². The van der Waals surface area contributed by atoms with Crippen molar-refractivity contribution in [3.8, 4) is 17.1 Å². The number of nitrogens with one attached hydrogen (secondary N) is 1. The minimum atomic E-state index is -0.397. The molecule has 10 heteroatoms. The van der Waals surface area contributed by atoms with Crippen molar-refractivity contribution in [2.75, 3.05) is 43.5 Å². The second kappa shape index (κ2) is 9.56. The molecule has 10 nitrogen and oxygen atoms in total.